The highest BCUT2D eigenvalue weighted by Crippen LogP contribution is 2.38. The summed E-state index contributed by atoms with van der Waals surface area (Å²) < 4.78 is 5.26. The molecule has 4 nitrogen and oxygen atoms in total. The number of aryl methyl sites for hydroxylation is 1. The molecule has 22 heavy (non-hydrogen) atoms. The highest BCUT2D eigenvalue weighted by Gasteiger charge is 2.48. The van der Waals surface area contributed by atoms with E-state index in [1.165, 1.54) is 18.4 Å². The van der Waals surface area contributed by atoms with Crippen LogP contribution in [0.2, 0.25) is 0 Å². The van der Waals surface area contributed by atoms with Gasteiger partial charge in [0.15, 0.2) is 0 Å². The molecule has 1 atom stereocenters. The van der Waals surface area contributed by atoms with E-state index in [4.69, 9.17) is 4.74 Å². The zero-order chi connectivity index (χ0) is 15.6. The maximum Gasteiger partial charge on any atom is 0.228 e. The summed E-state index contributed by atoms with van der Waals surface area (Å²) >= 11 is 0. The van der Waals surface area contributed by atoms with Crippen LogP contribution in [0.1, 0.15) is 31.2 Å². The largest absolute Gasteiger partial charge is 0.383 e. The van der Waals surface area contributed by atoms with Gasteiger partial charge in [0.1, 0.15) is 0 Å². The van der Waals surface area contributed by atoms with Crippen molar-refractivity contribution in [3.05, 3.63) is 29.8 Å². The molecule has 2 heterocycles. The van der Waals surface area contributed by atoms with E-state index < -0.39 is 0 Å². The lowest BCUT2D eigenvalue weighted by molar-refractivity contribution is -0.118. The summed E-state index contributed by atoms with van der Waals surface area (Å²) in [5.74, 6) is 0.258. The van der Waals surface area contributed by atoms with Gasteiger partial charge in [0.05, 0.1) is 6.61 Å². The Morgan fingerprint density at radius 1 is 1.23 bits per heavy atom. The van der Waals surface area contributed by atoms with E-state index in [-0.39, 0.29) is 11.4 Å². The monoisotopic (exact) mass is 302 g/mol. The van der Waals surface area contributed by atoms with E-state index in [2.05, 4.69) is 36.1 Å². The Balaban J connectivity index is 1.80. The molecule has 0 aliphatic carbocycles. The first-order chi connectivity index (χ1) is 10.6. The van der Waals surface area contributed by atoms with Crippen LogP contribution in [0.4, 0.5) is 5.69 Å². The lowest BCUT2D eigenvalue weighted by Crippen LogP contribution is -2.54. The first-order valence-electron chi connectivity index (χ1n) is 8.26. The van der Waals surface area contributed by atoms with E-state index in [1.54, 1.807) is 7.11 Å². The predicted octanol–water partition coefficient (Wildman–Crippen LogP) is 2.60. The van der Waals surface area contributed by atoms with Crippen LogP contribution in [0, 0.1) is 6.92 Å². The molecule has 2 aliphatic heterocycles. The summed E-state index contributed by atoms with van der Waals surface area (Å²) in [6, 6.07) is 8.29. The van der Waals surface area contributed by atoms with Crippen molar-refractivity contribution in [1.29, 1.82) is 0 Å². The minimum atomic E-state index is 0.0126. The van der Waals surface area contributed by atoms with Gasteiger partial charge in [-0.3, -0.25) is 9.69 Å². The van der Waals surface area contributed by atoms with Crippen LogP contribution in [-0.4, -0.2) is 49.7 Å². The second-order valence-corrected chi connectivity index (χ2v) is 6.65. The van der Waals surface area contributed by atoms with Gasteiger partial charge in [-0.2, -0.15) is 0 Å². The number of hydrogen-bond donors (Lipinski definition) is 0. The third kappa shape index (κ3) is 2.90. The number of hydrogen-bond acceptors (Lipinski definition) is 3. The number of carbonyl (C=O) groups is 1. The highest BCUT2D eigenvalue weighted by atomic mass is 16.5. The van der Waals surface area contributed by atoms with Gasteiger partial charge in [-0.25, -0.2) is 0 Å². The number of likely N-dealkylation sites (tertiary alicyclic amines) is 1. The van der Waals surface area contributed by atoms with Crippen LogP contribution >= 0.6 is 0 Å². The number of anilines is 1. The number of carbonyl (C=O) groups excluding carboxylic acids is 1. The number of rotatable bonds is 4. The minimum Gasteiger partial charge on any atom is -0.383 e. The summed E-state index contributed by atoms with van der Waals surface area (Å²) in [4.78, 5) is 17.1. The standard InChI is InChI=1S/C18H26N2O2/c1-15-5-7-16(8-6-15)20-14-18(13-17(20)21)9-3-4-10-19(18)11-12-22-2/h5-8H,3-4,9-14H2,1-2H3. The van der Waals surface area contributed by atoms with Crippen LogP contribution in [0.5, 0.6) is 0 Å². The molecule has 1 aromatic carbocycles. The maximum atomic E-state index is 12.6. The van der Waals surface area contributed by atoms with Gasteiger partial charge in [0, 0.05) is 37.8 Å². The molecule has 1 unspecified atom stereocenters. The summed E-state index contributed by atoms with van der Waals surface area (Å²) in [6.45, 7) is 5.63. The Morgan fingerprint density at radius 2 is 2.00 bits per heavy atom. The summed E-state index contributed by atoms with van der Waals surface area (Å²) in [7, 11) is 1.75. The van der Waals surface area contributed by atoms with Gasteiger partial charge in [0.25, 0.3) is 0 Å². The minimum absolute atomic E-state index is 0.0126. The molecule has 2 saturated heterocycles. The fourth-order valence-corrected chi connectivity index (χ4v) is 3.86. The number of methoxy groups -OCH3 is 1. The lowest BCUT2D eigenvalue weighted by Gasteiger charge is -2.44. The van der Waals surface area contributed by atoms with E-state index in [1.807, 2.05) is 4.90 Å². The quantitative estimate of drug-likeness (QED) is 0.857. The zero-order valence-corrected chi connectivity index (χ0v) is 13.7. The third-order valence-electron chi connectivity index (χ3n) is 5.14. The number of benzene rings is 1. The molecule has 0 bridgehead atoms. The molecule has 2 aliphatic rings. The Bertz CT molecular complexity index is 528. The smallest absolute Gasteiger partial charge is 0.228 e. The maximum absolute atomic E-state index is 12.6. The van der Waals surface area contributed by atoms with Gasteiger partial charge in [-0.15, -0.1) is 0 Å². The first-order valence-corrected chi connectivity index (χ1v) is 8.26. The molecule has 120 valence electrons. The fraction of sp³-hybridized carbons (Fsp3) is 0.611. The molecular weight excluding hydrogens is 276 g/mol. The van der Waals surface area contributed by atoms with Crippen molar-refractivity contribution in [3.63, 3.8) is 0 Å². The van der Waals surface area contributed by atoms with Gasteiger partial charge in [-0.1, -0.05) is 24.1 Å². The Morgan fingerprint density at radius 3 is 2.73 bits per heavy atom. The van der Waals surface area contributed by atoms with Crippen molar-refractivity contribution in [3.8, 4) is 0 Å². The third-order valence-corrected chi connectivity index (χ3v) is 5.14. The summed E-state index contributed by atoms with van der Waals surface area (Å²) in [5, 5.41) is 0. The van der Waals surface area contributed by atoms with Crippen LogP contribution < -0.4 is 4.90 Å². The normalized spacial score (nSPS) is 26.1. The van der Waals surface area contributed by atoms with E-state index in [0.717, 1.165) is 38.3 Å². The average Bonchev–Trinajstić information content (AvgIpc) is 2.84. The summed E-state index contributed by atoms with van der Waals surface area (Å²) in [5.41, 5.74) is 2.27. The molecule has 0 N–H and O–H groups in total. The van der Waals surface area contributed by atoms with E-state index in [9.17, 15) is 4.79 Å². The molecule has 4 heteroatoms. The van der Waals surface area contributed by atoms with Crippen molar-refractivity contribution in [2.24, 2.45) is 0 Å². The Labute approximate surface area is 133 Å². The Hall–Kier alpha value is -1.39. The molecule has 0 radical (unpaired) electrons. The van der Waals surface area contributed by atoms with Crippen LogP contribution in [-0.2, 0) is 9.53 Å². The van der Waals surface area contributed by atoms with Gasteiger partial charge < -0.3 is 9.64 Å². The molecule has 1 aromatic rings. The van der Waals surface area contributed by atoms with Crippen LogP contribution in [0.15, 0.2) is 24.3 Å². The predicted molar refractivity (Wildman–Crippen MR) is 88.2 cm³/mol. The van der Waals surface area contributed by atoms with Crippen molar-refractivity contribution in [1.82, 2.24) is 4.90 Å². The van der Waals surface area contributed by atoms with Crippen molar-refractivity contribution in [2.45, 2.75) is 38.1 Å². The number of nitrogens with zero attached hydrogens (tertiary/aromatic N) is 2. The van der Waals surface area contributed by atoms with Gasteiger partial charge in [-0.05, 0) is 38.4 Å². The number of piperidine rings is 1. The molecule has 2 fully saturated rings. The van der Waals surface area contributed by atoms with Gasteiger partial charge >= 0.3 is 0 Å². The highest BCUT2D eigenvalue weighted by molar-refractivity contribution is 5.97. The topological polar surface area (TPSA) is 32.8 Å². The SMILES string of the molecule is COCCN1CCCCC12CC(=O)N(c1ccc(C)cc1)C2. The molecule has 3 rings (SSSR count). The van der Waals surface area contributed by atoms with Crippen molar-refractivity contribution >= 4 is 11.6 Å². The molecule has 1 amide bonds. The first kappa shape index (κ1) is 15.5. The molecule has 0 saturated carbocycles. The van der Waals surface area contributed by atoms with Gasteiger partial charge in [0.2, 0.25) is 5.91 Å². The van der Waals surface area contributed by atoms with Crippen LogP contribution in [0.25, 0.3) is 0 Å². The fourth-order valence-electron chi connectivity index (χ4n) is 3.86. The van der Waals surface area contributed by atoms with Crippen molar-refractivity contribution in [2.75, 3.05) is 38.3 Å². The second kappa shape index (κ2) is 6.39. The second-order valence-electron chi connectivity index (χ2n) is 6.65. The molecule has 1 spiro atoms. The van der Waals surface area contributed by atoms with E-state index in [0.29, 0.717) is 6.42 Å². The van der Waals surface area contributed by atoms with Crippen LogP contribution in [0.3, 0.4) is 0 Å². The Kier molecular flexibility index (Phi) is 4.50. The zero-order valence-electron chi connectivity index (χ0n) is 13.7. The molecule has 0 aromatic heterocycles. The molecular formula is C18H26N2O2. The van der Waals surface area contributed by atoms with E-state index >= 15 is 0 Å². The lowest BCUT2D eigenvalue weighted by atomic mass is 9.85. The average molecular weight is 302 g/mol. The summed E-state index contributed by atoms with van der Waals surface area (Å²) in [6.07, 6.45) is 4.21. The van der Waals surface area contributed by atoms with Crippen molar-refractivity contribution < 1.29 is 9.53 Å². The number of amides is 1. The number of ether oxygens (including phenoxy) is 1.